The van der Waals surface area contributed by atoms with Gasteiger partial charge in [-0.25, -0.2) is 0 Å². The number of unbranched alkanes of at least 4 members (excludes halogenated alkanes) is 8. The van der Waals surface area contributed by atoms with Gasteiger partial charge in [0.1, 0.15) is 0 Å². The SMILES string of the molecule is CCCCCCCC(C)CCCCCCCN. The second kappa shape index (κ2) is 14.0. The Labute approximate surface area is 110 Å². The molecule has 0 heterocycles. The Morgan fingerprint density at radius 3 is 1.71 bits per heavy atom. The number of hydrogen-bond acceptors (Lipinski definition) is 1. The first-order valence-corrected chi connectivity index (χ1v) is 8.01. The van der Waals surface area contributed by atoms with Gasteiger partial charge in [-0.1, -0.05) is 84.5 Å². The van der Waals surface area contributed by atoms with Crippen LogP contribution in [0.2, 0.25) is 0 Å². The van der Waals surface area contributed by atoms with E-state index in [9.17, 15) is 0 Å². The van der Waals surface area contributed by atoms with Gasteiger partial charge in [0, 0.05) is 0 Å². The molecule has 0 radical (unpaired) electrons. The van der Waals surface area contributed by atoms with Gasteiger partial charge in [0.2, 0.25) is 0 Å². The lowest BCUT2D eigenvalue weighted by atomic mass is 9.96. The topological polar surface area (TPSA) is 26.0 Å². The highest BCUT2D eigenvalue weighted by Gasteiger charge is 2.01. The molecule has 0 bridgehead atoms. The van der Waals surface area contributed by atoms with E-state index >= 15 is 0 Å². The summed E-state index contributed by atoms with van der Waals surface area (Å²) in [6.45, 7) is 5.58. The summed E-state index contributed by atoms with van der Waals surface area (Å²) in [7, 11) is 0. The molecule has 0 aromatic carbocycles. The van der Waals surface area contributed by atoms with Crippen molar-refractivity contribution in [3.63, 3.8) is 0 Å². The van der Waals surface area contributed by atoms with Crippen LogP contribution in [0, 0.1) is 5.92 Å². The first-order chi connectivity index (χ1) is 8.31. The molecular weight excluding hydrogens is 206 g/mol. The van der Waals surface area contributed by atoms with E-state index in [1.807, 2.05) is 0 Å². The summed E-state index contributed by atoms with van der Waals surface area (Å²) < 4.78 is 0. The van der Waals surface area contributed by atoms with Crippen LogP contribution < -0.4 is 5.73 Å². The molecule has 104 valence electrons. The molecule has 2 N–H and O–H groups in total. The standard InChI is InChI=1S/C16H35N/c1-3-4-5-7-10-13-16(2)14-11-8-6-9-12-15-17/h16H,3-15,17H2,1-2H3. The normalized spacial score (nSPS) is 12.9. The van der Waals surface area contributed by atoms with E-state index in [1.54, 1.807) is 0 Å². The number of nitrogens with two attached hydrogens (primary N) is 1. The molecule has 0 fully saturated rings. The Morgan fingerprint density at radius 1 is 0.706 bits per heavy atom. The zero-order chi connectivity index (χ0) is 12.8. The Kier molecular flexibility index (Phi) is 14.0. The lowest BCUT2D eigenvalue weighted by Gasteiger charge is -2.10. The van der Waals surface area contributed by atoms with Gasteiger partial charge in [-0.2, -0.15) is 0 Å². The van der Waals surface area contributed by atoms with Gasteiger partial charge >= 0.3 is 0 Å². The molecule has 0 saturated carbocycles. The molecule has 0 aliphatic heterocycles. The smallest absolute Gasteiger partial charge is 0.00773 e. The van der Waals surface area contributed by atoms with Gasteiger partial charge in [0.05, 0.1) is 0 Å². The summed E-state index contributed by atoms with van der Waals surface area (Å²) in [5.41, 5.74) is 5.48. The Hall–Kier alpha value is -0.0400. The van der Waals surface area contributed by atoms with Crippen LogP contribution in [0.15, 0.2) is 0 Å². The fraction of sp³-hybridized carbons (Fsp3) is 1.00. The summed E-state index contributed by atoms with van der Waals surface area (Å²) in [5.74, 6) is 0.950. The maximum absolute atomic E-state index is 5.48. The van der Waals surface area contributed by atoms with Crippen molar-refractivity contribution in [3.05, 3.63) is 0 Å². The molecular formula is C16H35N. The largest absolute Gasteiger partial charge is 0.330 e. The van der Waals surface area contributed by atoms with Crippen molar-refractivity contribution < 1.29 is 0 Å². The maximum atomic E-state index is 5.48. The van der Waals surface area contributed by atoms with E-state index in [-0.39, 0.29) is 0 Å². The van der Waals surface area contributed by atoms with Gasteiger partial charge in [-0.15, -0.1) is 0 Å². The van der Waals surface area contributed by atoms with Crippen LogP contribution in [-0.2, 0) is 0 Å². The van der Waals surface area contributed by atoms with Crippen molar-refractivity contribution in [1.82, 2.24) is 0 Å². The summed E-state index contributed by atoms with van der Waals surface area (Å²) in [6.07, 6.45) is 16.8. The summed E-state index contributed by atoms with van der Waals surface area (Å²) >= 11 is 0. The highest BCUT2D eigenvalue weighted by molar-refractivity contribution is 4.55. The molecule has 0 spiro atoms. The highest BCUT2D eigenvalue weighted by atomic mass is 14.5. The predicted molar refractivity (Wildman–Crippen MR) is 79.3 cm³/mol. The zero-order valence-electron chi connectivity index (χ0n) is 12.3. The number of hydrogen-bond donors (Lipinski definition) is 1. The van der Waals surface area contributed by atoms with Crippen molar-refractivity contribution in [2.45, 2.75) is 90.9 Å². The average Bonchev–Trinajstić information content (AvgIpc) is 2.33. The third-order valence-electron chi connectivity index (χ3n) is 3.70. The zero-order valence-corrected chi connectivity index (χ0v) is 12.3. The van der Waals surface area contributed by atoms with E-state index in [4.69, 9.17) is 5.73 Å². The average molecular weight is 241 g/mol. The first kappa shape index (κ1) is 17.0. The Bertz CT molecular complexity index is 133. The molecule has 0 aliphatic carbocycles. The van der Waals surface area contributed by atoms with Crippen molar-refractivity contribution >= 4 is 0 Å². The van der Waals surface area contributed by atoms with Gasteiger partial charge in [-0.05, 0) is 18.9 Å². The quantitative estimate of drug-likeness (QED) is 0.436. The van der Waals surface area contributed by atoms with E-state index in [2.05, 4.69) is 13.8 Å². The van der Waals surface area contributed by atoms with Crippen LogP contribution in [0.4, 0.5) is 0 Å². The third-order valence-corrected chi connectivity index (χ3v) is 3.70. The second-order valence-corrected chi connectivity index (χ2v) is 5.65. The van der Waals surface area contributed by atoms with Gasteiger partial charge in [-0.3, -0.25) is 0 Å². The van der Waals surface area contributed by atoms with E-state index in [0.717, 1.165) is 12.5 Å². The molecule has 0 saturated heterocycles. The molecule has 1 unspecified atom stereocenters. The van der Waals surface area contributed by atoms with Crippen molar-refractivity contribution in [2.75, 3.05) is 6.54 Å². The predicted octanol–water partition coefficient (Wildman–Crippen LogP) is 5.28. The Morgan fingerprint density at radius 2 is 1.18 bits per heavy atom. The fourth-order valence-electron chi connectivity index (χ4n) is 2.41. The van der Waals surface area contributed by atoms with Crippen LogP contribution in [0.25, 0.3) is 0 Å². The second-order valence-electron chi connectivity index (χ2n) is 5.65. The third kappa shape index (κ3) is 13.9. The Balaban J connectivity index is 3.09. The molecule has 0 aliphatic rings. The van der Waals surface area contributed by atoms with Crippen LogP contribution in [0.5, 0.6) is 0 Å². The monoisotopic (exact) mass is 241 g/mol. The van der Waals surface area contributed by atoms with E-state index in [0.29, 0.717) is 0 Å². The molecule has 0 aromatic rings. The molecule has 0 aromatic heterocycles. The summed E-state index contributed by atoms with van der Waals surface area (Å²) in [4.78, 5) is 0. The van der Waals surface area contributed by atoms with Crippen LogP contribution in [0.1, 0.15) is 90.9 Å². The molecule has 1 atom stereocenters. The summed E-state index contributed by atoms with van der Waals surface area (Å²) in [6, 6.07) is 0. The van der Waals surface area contributed by atoms with Crippen LogP contribution in [0.3, 0.4) is 0 Å². The lowest BCUT2D eigenvalue weighted by molar-refractivity contribution is 0.433. The van der Waals surface area contributed by atoms with Crippen molar-refractivity contribution in [2.24, 2.45) is 11.7 Å². The molecule has 0 rings (SSSR count). The van der Waals surface area contributed by atoms with Crippen molar-refractivity contribution in [3.8, 4) is 0 Å². The minimum absolute atomic E-state index is 0.869. The fourth-order valence-corrected chi connectivity index (χ4v) is 2.41. The minimum atomic E-state index is 0.869. The maximum Gasteiger partial charge on any atom is -0.00773 e. The van der Waals surface area contributed by atoms with Gasteiger partial charge in [0.15, 0.2) is 0 Å². The van der Waals surface area contributed by atoms with E-state index < -0.39 is 0 Å². The number of rotatable bonds is 13. The van der Waals surface area contributed by atoms with Gasteiger partial charge in [0.25, 0.3) is 0 Å². The molecule has 1 nitrogen and oxygen atoms in total. The lowest BCUT2D eigenvalue weighted by Crippen LogP contribution is -1.98. The van der Waals surface area contributed by atoms with Gasteiger partial charge < -0.3 is 5.73 Å². The van der Waals surface area contributed by atoms with E-state index in [1.165, 1.54) is 77.0 Å². The molecule has 0 amide bonds. The first-order valence-electron chi connectivity index (χ1n) is 8.01. The summed E-state index contributed by atoms with van der Waals surface area (Å²) in [5, 5.41) is 0. The highest BCUT2D eigenvalue weighted by Crippen LogP contribution is 2.17. The van der Waals surface area contributed by atoms with Crippen molar-refractivity contribution in [1.29, 1.82) is 0 Å². The minimum Gasteiger partial charge on any atom is -0.330 e. The molecule has 17 heavy (non-hydrogen) atoms. The van der Waals surface area contributed by atoms with Crippen LogP contribution in [-0.4, -0.2) is 6.54 Å². The van der Waals surface area contributed by atoms with Crippen LogP contribution >= 0.6 is 0 Å². The molecule has 1 heteroatoms.